The van der Waals surface area contributed by atoms with Crippen molar-refractivity contribution in [3.8, 4) is 0 Å². The number of carbonyl (C=O) groups excluding carboxylic acids is 1. The highest BCUT2D eigenvalue weighted by Crippen LogP contribution is 2.19. The average molecular weight is 356 g/mol. The van der Waals surface area contributed by atoms with E-state index in [0.717, 1.165) is 15.2 Å². The van der Waals surface area contributed by atoms with Crippen LogP contribution in [-0.4, -0.2) is 28.5 Å². The van der Waals surface area contributed by atoms with E-state index in [1.165, 1.54) is 24.7 Å². The number of amides is 1. The predicted octanol–water partition coefficient (Wildman–Crippen LogP) is 2.38. The maximum atomic E-state index is 12.6. The van der Waals surface area contributed by atoms with Gasteiger partial charge in [0.25, 0.3) is 15.9 Å². The third-order valence-electron chi connectivity index (χ3n) is 3.74. The zero-order chi connectivity index (χ0) is 18.0. The van der Waals surface area contributed by atoms with Crippen LogP contribution in [0.4, 0.5) is 5.69 Å². The molecule has 0 saturated heterocycles. The summed E-state index contributed by atoms with van der Waals surface area (Å²) in [6.07, 6.45) is 4.04. The molecule has 2 aromatic heterocycles. The fraction of sp³-hybridized carbons (Fsp3) is 0.118. The van der Waals surface area contributed by atoms with E-state index in [-0.39, 0.29) is 16.3 Å². The summed E-state index contributed by atoms with van der Waals surface area (Å²) in [7, 11) is -3.82. The third-order valence-corrected chi connectivity index (χ3v) is 5.28. The van der Waals surface area contributed by atoms with Crippen molar-refractivity contribution in [3.05, 3.63) is 71.8 Å². The van der Waals surface area contributed by atoms with Gasteiger partial charge in [-0.1, -0.05) is 12.1 Å². The van der Waals surface area contributed by atoms with Crippen molar-refractivity contribution in [1.82, 2.24) is 14.2 Å². The van der Waals surface area contributed by atoms with E-state index in [9.17, 15) is 13.2 Å². The fourth-order valence-electron chi connectivity index (χ4n) is 2.18. The molecule has 1 N–H and O–H groups in total. The quantitative estimate of drug-likeness (QED) is 0.774. The highest BCUT2D eigenvalue weighted by molar-refractivity contribution is 7.89. The van der Waals surface area contributed by atoms with Crippen LogP contribution in [0.25, 0.3) is 0 Å². The number of hydrogen-bond donors (Lipinski definition) is 1. The molecule has 3 aromatic rings. The van der Waals surface area contributed by atoms with Gasteiger partial charge in [-0.05, 0) is 49.2 Å². The fourth-order valence-corrected chi connectivity index (χ4v) is 3.38. The number of benzene rings is 1. The van der Waals surface area contributed by atoms with Gasteiger partial charge in [-0.3, -0.25) is 9.78 Å². The van der Waals surface area contributed by atoms with Gasteiger partial charge >= 0.3 is 0 Å². The molecular weight excluding hydrogens is 340 g/mol. The Balaban J connectivity index is 1.85. The Kier molecular flexibility index (Phi) is 4.37. The summed E-state index contributed by atoms with van der Waals surface area (Å²) < 4.78 is 26.1. The van der Waals surface area contributed by atoms with Crippen LogP contribution in [0, 0.1) is 13.8 Å². The number of aryl methyl sites for hydroxylation is 2. The van der Waals surface area contributed by atoms with E-state index in [1.54, 1.807) is 30.3 Å². The maximum Gasteiger partial charge on any atom is 0.283 e. The minimum atomic E-state index is -3.82. The molecule has 0 aliphatic heterocycles. The summed E-state index contributed by atoms with van der Waals surface area (Å²) in [6, 6.07) is 9.82. The standard InChI is InChI=1S/C17H16N4O3S/c1-12-6-7-15(9-13(12)2)25(23,24)21-11-14(10-19-21)20-17(22)16-5-3-4-8-18-16/h3-11H,1-2H3,(H,20,22). The van der Waals surface area contributed by atoms with Gasteiger partial charge in [0.2, 0.25) is 0 Å². The molecule has 2 heterocycles. The van der Waals surface area contributed by atoms with Crippen LogP contribution in [0.2, 0.25) is 0 Å². The van der Waals surface area contributed by atoms with Gasteiger partial charge in [-0.15, -0.1) is 0 Å². The molecule has 1 aromatic carbocycles. The second kappa shape index (κ2) is 6.48. The van der Waals surface area contributed by atoms with E-state index in [2.05, 4.69) is 15.4 Å². The summed E-state index contributed by atoms with van der Waals surface area (Å²) in [6.45, 7) is 3.75. The van der Waals surface area contributed by atoms with Crippen LogP contribution < -0.4 is 5.32 Å². The Morgan fingerprint density at radius 3 is 2.60 bits per heavy atom. The second-order valence-electron chi connectivity index (χ2n) is 5.52. The molecule has 0 radical (unpaired) electrons. The van der Waals surface area contributed by atoms with Gasteiger partial charge in [0.15, 0.2) is 0 Å². The van der Waals surface area contributed by atoms with Gasteiger partial charge in [0, 0.05) is 6.20 Å². The molecule has 0 bridgehead atoms. The molecule has 128 valence electrons. The Morgan fingerprint density at radius 2 is 1.92 bits per heavy atom. The number of anilines is 1. The number of rotatable bonds is 4. The van der Waals surface area contributed by atoms with Crippen molar-refractivity contribution in [2.75, 3.05) is 5.32 Å². The van der Waals surface area contributed by atoms with Gasteiger partial charge < -0.3 is 5.32 Å². The lowest BCUT2D eigenvalue weighted by Crippen LogP contribution is -2.15. The first kappa shape index (κ1) is 16.8. The Hall–Kier alpha value is -3.00. The normalized spacial score (nSPS) is 11.3. The number of hydrogen-bond acceptors (Lipinski definition) is 5. The van der Waals surface area contributed by atoms with Crippen molar-refractivity contribution >= 4 is 21.6 Å². The van der Waals surface area contributed by atoms with Gasteiger partial charge in [0.1, 0.15) is 5.69 Å². The number of aromatic nitrogens is 3. The Labute approximate surface area is 145 Å². The average Bonchev–Trinajstić information content (AvgIpc) is 3.07. The second-order valence-corrected chi connectivity index (χ2v) is 7.32. The van der Waals surface area contributed by atoms with E-state index in [4.69, 9.17) is 0 Å². The summed E-state index contributed by atoms with van der Waals surface area (Å²) in [5.41, 5.74) is 2.37. The van der Waals surface area contributed by atoms with Crippen LogP contribution in [-0.2, 0) is 10.0 Å². The molecule has 0 spiro atoms. The molecule has 7 nitrogen and oxygen atoms in total. The first-order valence-corrected chi connectivity index (χ1v) is 8.92. The zero-order valence-corrected chi connectivity index (χ0v) is 14.5. The lowest BCUT2D eigenvalue weighted by molar-refractivity contribution is 0.102. The monoisotopic (exact) mass is 356 g/mol. The summed E-state index contributed by atoms with van der Waals surface area (Å²) >= 11 is 0. The first-order valence-electron chi connectivity index (χ1n) is 7.48. The van der Waals surface area contributed by atoms with E-state index in [0.29, 0.717) is 0 Å². The highest BCUT2D eigenvalue weighted by atomic mass is 32.2. The lowest BCUT2D eigenvalue weighted by atomic mass is 10.1. The summed E-state index contributed by atoms with van der Waals surface area (Å²) in [5.74, 6) is -0.441. The molecule has 8 heteroatoms. The zero-order valence-electron chi connectivity index (χ0n) is 13.7. The molecule has 0 aliphatic carbocycles. The Morgan fingerprint density at radius 1 is 1.12 bits per heavy atom. The smallest absolute Gasteiger partial charge is 0.283 e. The number of carbonyl (C=O) groups is 1. The van der Waals surface area contributed by atoms with E-state index in [1.807, 2.05) is 13.8 Å². The number of nitrogens with one attached hydrogen (secondary N) is 1. The minimum Gasteiger partial charge on any atom is -0.318 e. The minimum absolute atomic E-state index is 0.140. The van der Waals surface area contributed by atoms with Crippen molar-refractivity contribution in [2.45, 2.75) is 18.7 Å². The van der Waals surface area contributed by atoms with E-state index >= 15 is 0 Å². The van der Waals surface area contributed by atoms with Gasteiger partial charge in [0.05, 0.1) is 23.0 Å². The molecule has 0 fully saturated rings. The third kappa shape index (κ3) is 3.43. The molecule has 3 rings (SSSR count). The maximum absolute atomic E-state index is 12.6. The van der Waals surface area contributed by atoms with Gasteiger partial charge in [-0.2, -0.15) is 17.6 Å². The Bertz CT molecular complexity index is 1030. The van der Waals surface area contributed by atoms with Crippen molar-refractivity contribution in [1.29, 1.82) is 0 Å². The molecule has 0 unspecified atom stereocenters. The first-order chi connectivity index (χ1) is 11.9. The number of pyridine rings is 1. The van der Waals surface area contributed by atoms with Crippen LogP contribution >= 0.6 is 0 Å². The molecule has 0 atom stereocenters. The lowest BCUT2D eigenvalue weighted by Gasteiger charge is -2.07. The predicted molar refractivity (Wildman–Crippen MR) is 92.9 cm³/mol. The van der Waals surface area contributed by atoms with Crippen molar-refractivity contribution < 1.29 is 13.2 Å². The molecule has 0 saturated carbocycles. The number of nitrogens with zero attached hydrogens (tertiary/aromatic N) is 3. The van der Waals surface area contributed by atoms with Crippen LogP contribution in [0.5, 0.6) is 0 Å². The van der Waals surface area contributed by atoms with Gasteiger partial charge in [-0.25, -0.2) is 0 Å². The largest absolute Gasteiger partial charge is 0.318 e. The molecule has 1 amide bonds. The van der Waals surface area contributed by atoms with Crippen LogP contribution in [0.1, 0.15) is 21.6 Å². The summed E-state index contributed by atoms with van der Waals surface area (Å²) in [5, 5.41) is 6.43. The molecular formula is C17H16N4O3S. The SMILES string of the molecule is Cc1ccc(S(=O)(=O)n2cc(NC(=O)c3ccccn3)cn2)cc1C. The van der Waals surface area contributed by atoms with Crippen LogP contribution in [0.15, 0.2) is 59.9 Å². The van der Waals surface area contributed by atoms with E-state index < -0.39 is 15.9 Å². The van der Waals surface area contributed by atoms with Crippen molar-refractivity contribution in [3.63, 3.8) is 0 Å². The summed E-state index contributed by atoms with van der Waals surface area (Å²) in [4.78, 5) is 16.1. The highest BCUT2D eigenvalue weighted by Gasteiger charge is 2.19. The molecule has 25 heavy (non-hydrogen) atoms. The topological polar surface area (TPSA) is 94.0 Å². The van der Waals surface area contributed by atoms with Crippen LogP contribution in [0.3, 0.4) is 0 Å². The van der Waals surface area contributed by atoms with Crippen molar-refractivity contribution in [2.24, 2.45) is 0 Å². The molecule has 0 aliphatic rings.